The molecular formula is C14H20O2S. The molecule has 0 unspecified atom stereocenters. The zero-order valence-electron chi connectivity index (χ0n) is 10.7. The number of thiol groups is 1. The Bertz CT molecular complexity index is 374. The van der Waals surface area contributed by atoms with Crippen LogP contribution in [0, 0.1) is 12.3 Å². The maximum atomic E-state index is 5.96. The van der Waals surface area contributed by atoms with Crippen LogP contribution in [0.1, 0.15) is 25.0 Å². The summed E-state index contributed by atoms with van der Waals surface area (Å²) in [5.41, 5.74) is 2.37. The Hall–Kier alpha value is -0.510. The minimum atomic E-state index is -0.674. The van der Waals surface area contributed by atoms with Gasteiger partial charge in [-0.25, -0.2) is 0 Å². The minimum absolute atomic E-state index is 0.0805. The van der Waals surface area contributed by atoms with Gasteiger partial charge >= 0.3 is 0 Å². The summed E-state index contributed by atoms with van der Waals surface area (Å²) in [6, 6.07) is 8.27. The first kappa shape index (κ1) is 12.9. The van der Waals surface area contributed by atoms with Crippen molar-refractivity contribution >= 4 is 12.6 Å². The first-order chi connectivity index (χ1) is 7.97. The molecule has 94 valence electrons. The lowest BCUT2D eigenvalue weighted by Gasteiger charge is -2.43. The van der Waals surface area contributed by atoms with E-state index >= 15 is 0 Å². The van der Waals surface area contributed by atoms with Crippen LogP contribution in [0.2, 0.25) is 0 Å². The van der Waals surface area contributed by atoms with Crippen molar-refractivity contribution in [2.24, 2.45) is 5.41 Å². The number of rotatable bonds is 2. The highest BCUT2D eigenvalue weighted by molar-refractivity contribution is 7.80. The third-order valence-corrected chi connectivity index (χ3v) is 3.51. The van der Waals surface area contributed by atoms with E-state index in [1.165, 1.54) is 5.56 Å². The van der Waals surface area contributed by atoms with E-state index in [0.29, 0.717) is 19.0 Å². The van der Waals surface area contributed by atoms with Crippen LogP contribution >= 0.6 is 12.6 Å². The largest absolute Gasteiger partial charge is 0.345 e. The number of aryl methyl sites for hydroxylation is 1. The lowest BCUT2D eigenvalue weighted by Crippen LogP contribution is -2.46. The molecule has 0 aliphatic carbocycles. The molecule has 0 atom stereocenters. The molecule has 2 nitrogen and oxygen atoms in total. The molecule has 0 saturated carbocycles. The van der Waals surface area contributed by atoms with Gasteiger partial charge < -0.3 is 9.47 Å². The Balaban J connectivity index is 2.24. The van der Waals surface area contributed by atoms with Crippen molar-refractivity contribution < 1.29 is 9.47 Å². The first-order valence-electron chi connectivity index (χ1n) is 5.93. The molecule has 3 heteroatoms. The summed E-state index contributed by atoms with van der Waals surface area (Å²) in [6.07, 6.45) is 0. The quantitative estimate of drug-likeness (QED) is 0.815. The zero-order valence-corrected chi connectivity index (χ0v) is 11.6. The van der Waals surface area contributed by atoms with E-state index < -0.39 is 5.79 Å². The molecular weight excluding hydrogens is 232 g/mol. The van der Waals surface area contributed by atoms with Crippen molar-refractivity contribution in [3.63, 3.8) is 0 Å². The molecule has 0 bridgehead atoms. The molecule has 0 aromatic heterocycles. The van der Waals surface area contributed by atoms with Gasteiger partial charge in [0.2, 0.25) is 5.79 Å². The topological polar surface area (TPSA) is 18.5 Å². The molecule has 17 heavy (non-hydrogen) atoms. The SMILES string of the molecule is Cc1ccc(C2(CS)OCC(C)(C)CO2)cc1. The second kappa shape index (κ2) is 4.63. The van der Waals surface area contributed by atoms with Crippen molar-refractivity contribution in [1.82, 2.24) is 0 Å². The van der Waals surface area contributed by atoms with E-state index in [-0.39, 0.29) is 5.41 Å². The van der Waals surface area contributed by atoms with Crippen molar-refractivity contribution in [2.75, 3.05) is 19.0 Å². The Morgan fingerprint density at radius 3 is 2.12 bits per heavy atom. The summed E-state index contributed by atoms with van der Waals surface area (Å²) < 4.78 is 11.9. The van der Waals surface area contributed by atoms with Gasteiger partial charge in [0.1, 0.15) is 0 Å². The summed E-state index contributed by atoms with van der Waals surface area (Å²) in [5, 5.41) is 0. The van der Waals surface area contributed by atoms with E-state index in [0.717, 1.165) is 5.56 Å². The summed E-state index contributed by atoms with van der Waals surface area (Å²) >= 11 is 4.39. The molecule has 0 amide bonds. The molecule has 1 fully saturated rings. The second-order valence-electron chi connectivity index (χ2n) is 5.52. The van der Waals surface area contributed by atoms with Crippen LogP contribution in [0.25, 0.3) is 0 Å². The average molecular weight is 252 g/mol. The number of hydrogen-bond acceptors (Lipinski definition) is 3. The van der Waals surface area contributed by atoms with Gasteiger partial charge in [-0.05, 0) is 6.92 Å². The zero-order chi connectivity index (χ0) is 12.5. The first-order valence-corrected chi connectivity index (χ1v) is 6.57. The molecule has 1 heterocycles. The van der Waals surface area contributed by atoms with Gasteiger partial charge in [-0.1, -0.05) is 43.7 Å². The van der Waals surface area contributed by atoms with Gasteiger partial charge in [0.05, 0.1) is 13.2 Å². The Morgan fingerprint density at radius 1 is 1.12 bits per heavy atom. The number of benzene rings is 1. The van der Waals surface area contributed by atoms with E-state index in [1.54, 1.807) is 0 Å². The predicted molar refractivity (Wildman–Crippen MR) is 72.4 cm³/mol. The summed E-state index contributed by atoms with van der Waals surface area (Å²) in [7, 11) is 0. The average Bonchev–Trinajstić information content (AvgIpc) is 2.31. The Kier molecular flexibility index (Phi) is 3.53. The summed E-state index contributed by atoms with van der Waals surface area (Å²) in [5.74, 6) is -0.140. The van der Waals surface area contributed by atoms with Crippen LogP contribution in [0.5, 0.6) is 0 Å². The molecule has 1 aliphatic rings. The molecule has 0 radical (unpaired) electrons. The molecule has 2 rings (SSSR count). The fraction of sp³-hybridized carbons (Fsp3) is 0.571. The summed E-state index contributed by atoms with van der Waals surface area (Å²) in [4.78, 5) is 0. The molecule has 0 spiro atoms. The van der Waals surface area contributed by atoms with Crippen LogP contribution in [-0.2, 0) is 15.3 Å². The maximum Gasteiger partial charge on any atom is 0.203 e. The Morgan fingerprint density at radius 2 is 1.65 bits per heavy atom. The highest BCUT2D eigenvalue weighted by Gasteiger charge is 2.41. The molecule has 1 aromatic carbocycles. The molecule has 1 saturated heterocycles. The van der Waals surface area contributed by atoms with Crippen LogP contribution in [-0.4, -0.2) is 19.0 Å². The second-order valence-corrected chi connectivity index (χ2v) is 5.83. The fourth-order valence-corrected chi connectivity index (χ4v) is 2.23. The minimum Gasteiger partial charge on any atom is -0.345 e. The smallest absolute Gasteiger partial charge is 0.203 e. The van der Waals surface area contributed by atoms with Gasteiger partial charge in [0.15, 0.2) is 0 Å². The maximum absolute atomic E-state index is 5.96. The van der Waals surface area contributed by atoms with Crippen LogP contribution in [0.4, 0.5) is 0 Å². The van der Waals surface area contributed by atoms with Gasteiger partial charge in [-0.2, -0.15) is 12.6 Å². The highest BCUT2D eigenvalue weighted by atomic mass is 32.1. The van der Waals surface area contributed by atoms with Crippen molar-refractivity contribution in [3.8, 4) is 0 Å². The van der Waals surface area contributed by atoms with Gasteiger partial charge in [-0.3, -0.25) is 0 Å². The third-order valence-electron chi connectivity index (χ3n) is 3.09. The fourth-order valence-electron chi connectivity index (χ4n) is 1.86. The van der Waals surface area contributed by atoms with E-state index in [9.17, 15) is 0 Å². The number of ether oxygens (including phenoxy) is 2. The van der Waals surface area contributed by atoms with Crippen LogP contribution in [0.3, 0.4) is 0 Å². The Labute approximate surface area is 109 Å². The molecule has 0 N–H and O–H groups in total. The lowest BCUT2D eigenvalue weighted by atomic mass is 9.93. The van der Waals surface area contributed by atoms with Gasteiger partial charge in [-0.15, -0.1) is 0 Å². The van der Waals surface area contributed by atoms with E-state index in [1.807, 2.05) is 0 Å². The standard InChI is InChI=1S/C14H20O2S/c1-11-4-6-12(7-5-11)14(10-17)15-8-13(2,3)9-16-14/h4-7,17H,8-10H2,1-3H3. The monoisotopic (exact) mass is 252 g/mol. The predicted octanol–water partition coefficient (Wildman–Crippen LogP) is 3.15. The van der Waals surface area contributed by atoms with Crippen molar-refractivity contribution in [3.05, 3.63) is 35.4 Å². The van der Waals surface area contributed by atoms with Gasteiger partial charge in [0.25, 0.3) is 0 Å². The van der Waals surface area contributed by atoms with Gasteiger partial charge in [0, 0.05) is 16.7 Å². The van der Waals surface area contributed by atoms with E-state index in [2.05, 4.69) is 57.7 Å². The number of hydrogen-bond donors (Lipinski definition) is 1. The van der Waals surface area contributed by atoms with Crippen LogP contribution in [0.15, 0.2) is 24.3 Å². The molecule has 1 aromatic rings. The van der Waals surface area contributed by atoms with Crippen molar-refractivity contribution in [1.29, 1.82) is 0 Å². The third kappa shape index (κ3) is 2.67. The lowest BCUT2D eigenvalue weighted by molar-refractivity contribution is -0.294. The highest BCUT2D eigenvalue weighted by Crippen LogP contribution is 2.37. The van der Waals surface area contributed by atoms with Crippen molar-refractivity contribution in [2.45, 2.75) is 26.6 Å². The normalized spacial score (nSPS) is 22.4. The van der Waals surface area contributed by atoms with E-state index in [4.69, 9.17) is 9.47 Å². The summed E-state index contributed by atoms with van der Waals surface area (Å²) in [6.45, 7) is 7.75. The van der Waals surface area contributed by atoms with Crippen LogP contribution < -0.4 is 0 Å². The molecule has 1 aliphatic heterocycles.